The van der Waals surface area contributed by atoms with Gasteiger partial charge in [-0.15, -0.1) is 0 Å². The molecular weight excluding hydrogens is 205 g/mol. The number of hydrogen-bond donors (Lipinski definition) is 0. The molecule has 0 radical (unpaired) electrons. The second kappa shape index (κ2) is 4.59. The Balaban J connectivity index is 2.74. The van der Waals surface area contributed by atoms with Gasteiger partial charge in [-0.05, 0) is 12.0 Å². The zero-order chi connectivity index (χ0) is 11.5. The molecule has 0 aromatic carbocycles. The van der Waals surface area contributed by atoms with Crippen molar-refractivity contribution in [2.24, 2.45) is 5.92 Å². The van der Waals surface area contributed by atoms with Crippen LogP contribution in [0.15, 0.2) is 12.3 Å². The molecular formula is C10H13F3N2. The highest BCUT2D eigenvalue weighted by Crippen LogP contribution is 2.19. The van der Waals surface area contributed by atoms with E-state index in [1.165, 1.54) is 12.3 Å². The minimum atomic E-state index is -4.20. The lowest BCUT2D eigenvalue weighted by atomic mass is 10.1. The average Bonchev–Trinajstić information content (AvgIpc) is 1.99. The third-order valence-electron chi connectivity index (χ3n) is 1.74. The lowest BCUT2D eigenvalue weighted by Crippen LogP contribution is -2.14. The van der Waals surface area contributed by atoms with Gasteiger partial charge in [0.25, 0.3) is 0 Å². The number of rotatable bonds is 3. The third-order valence-corrected chi connectivity index (χ3v) is 1.74. The average molecular weight is 218 g/mol. The normalized spacial score (nSPS) is 12.1. The van der Waals surface area contributed by atoms with E-state index in [4.69, 9.17) is 0 Å². The van der Waals surface area contributed by atoms with Crippen LogP contribution in [-0.4, -0.2) is 16.1 Å². The molecule has 0 aliphatic rings. The molecule has 1 heterocycles. The van der Waals surface area contributed by atoms with Gasteiger partial charge in [-0.2, -0.15) is 13.2 Å². The summed E-state index contributed by atoms with van der Waals surface area (Å²) in [6.07, 6.45) is -3.21. The molecule has 0 aliphatic carbocycles. The van der Waals surface area contributed by atoms with Gasteiger partial charge in [-0.3, -0.25) is 0 Å². The molecule has 0 saturated carbocycles. The maximum Gasteiger partial charge on any atom is 0.394 e. The molecule has 0 atom stereocenters. The number of nitrogens with zero attached hydrogens (tertiary/aromatic N) is 2. The first-order valence-corrected chi connectivity index (χ1v) is 4.74. The van der Waals surface area contributed by atoms with Gasteiger partial charge in [0.05, 0.1) is 12.1 Å². The SMILES string of the molecule is CC(C)Cc1nccc(CC(F)(F)F)n1. The van der Waals surface area contributed by atoms with Crippen LogP contribution in [0, 0.1) is 5.92 Å². The number of aromatic nitrogens is 2. The van der Waals surface area contributed by atoms with E-state index in [2.05, 4.69) is 9.97 Å². The minimum Gasteiger partial charge on any atom is -0.241 e. The Kier molecular flexibility index (Phi) is 3.66. The fourth-order valence-corrected chi connectivity index (χ4v) is 1.21. The third kappa shape index (κ3) is 4.76. The van der Waals surface area contributed by atoms with Crippen LogP contribution in [0.3, 0.4) is 0 Å². The molecule has 84 valence electrons. The van der Waals surface area contributed by atoms with Gasteiger partial charge < -0.3 is 0 Å². The first kappa shape index (κ1) is 11.9. The van der Waals surface area contributed by atoms with Crippen molar-refractivity contribution in [2.45, 2.75) is 32.9 Å². The lowest BCUT2D eigenvalue weighted by molar-refractivity contribution is -0.127. The van der Waals surface area contributed by atoms with E-state index >= 15 is 0 Å². The summed E-state index contributed by atoms with van der Waals surface area (Å²) in [4.78, 5) is 7.80. The van der Waals surface area contributed by atoms with Gasteiger partial charge >= 0.3 is 6.18 Å². The Morgan fingerprint density at radius 3 is 2.53 bits per heavy atom. The number of halogens is 3. The van der Waals surface area contributed by atoms with Crippen molar-refractivity contribution in [1.82, 2.24) is 9.97 Å². The Hall–Kier alpha value is -1.13. The molecule has 0 bridgehead atoms. The minimum absolute atomic E-state index is 0.0353. The Labute approximate surface area is 86.6 Å². The van der Waals surface area contributed by atoms with Crippen molar-refractivity contribution < 1.29 is 13.2 Å². The van der Waals surface area contributed by atoms with Crippen LogP contribution < -0.4 is 0 Å². The van der Waals surface area contributed by atoms with E-state index in [9.17, 15) is 13.2 Å². The summed E-state index contributed by atoms with van der Waals surface area (Å²) >= 11 is 0. The van der Waals surface area contributed by atoms with Crippen molar-refractivity contribution in [3.8, 4) is 0 Å². The van der Waals surface area contributed by atoms with Crippen LogP contribution in [0.5, 0.6) is 0 Å². The Bertz CT molecular complexity index is 321. The van der Waals surface area contributed by atoms with Crippen molar-refractivity contribution in [3.05, 3.63) is 23.8 Å². The summed E-state index contributed by atoms with van der Waals surface area (Å²) in [5.41, 5.74) is 0.0353. The zero-order valence-electron chi connectivity index (χ0n) is 8.67. The van der Waals surface area contributed by atoms with Crippen molar-refractivity contribution in [3.63, 3.8) is 0 Å². The fourth-order valence-electron chi connectivity index (χ4n) is 1.21. The van der Waals surface area contributed by atoms with Crippen LogP contribution in [-0.2, 0) is 12.8 Å². The summed E-state index contributed by atoms with van der Waals surface area (Å²) in [6.45, 7) is 3.94. The smallest absolute Gasteiger partial charge is 0.241 e. The summed E-state index contributed by atoms with van der Waals surface area (Å²) in [5.74, 6) is 0.817. The van der Waals surface area contributed by atoms with Gasteiger partial charge in [0.1, 0.15) is 5.82 Å². The molecule has 0 aliphatic heterocycles. The van der Waals surface area contributed by atoms with E-state index in [1.807, 2.05) is 13.8 Å². The van der Waals surface area contributed by atoms with E-state index in [0.29, 0.717) is 18.2 Å². The molecule has 0 N–H and O–H groups in total. The Morgan fingerprint density at radius 2 is 2.00 bits per heavy atom. The van der Waals surface area contributed by atoms with Gasteiger partial charge in [-0.1, -0.05) is 13.8 Å². The molecule has 1 aromatic heterocycles. The quantitative estimate of drug-likeness (QED) is 0.779. The van der Waals surface area contributed by atoms with Gasteiger partial charge in [0.15, 0.2) is 0 Å². The monoisotopic (exact) mass is 218 g/mol. The molecule has 0 amide bonds. The van der Waals surface area contributed by atoms with Crippen LogP contribution in [0.4, 0.5) is 13.2 Å². The largest absolute Gasteiger partial charge is 0.394 e. The first-order chi connectivity index (χ1) is 6.87. The highest BCUT2D eigenvalue weighted by Gasteiger charge is 2.28. The van der Waals surface area contributed by atoms with Crippen molar-refractivity contribution >= 4 is 0 Å². The lowest BCUT2D eigenvalue weighted by Gasteiger charge is -2.07. The maximum atomic E-state index is 12.1. The standard InChI is InChI=1S/C10H13F3N2/c1-7(2)5-9-14-4-3-8(15-9)6-10(11,12)13/h3-4,7H,5-6H2,1-2H3. The zero-order valence-corrected chi connectivity index (χ0v) is 8.67. The summed E-state index contributed by atoms with van der Waals surface area (Å²) < 4.78 is 36.2. The molecule has 15 heavy (non-hydrogen) atoms. The summed E-state index contributed by atoms with van der Waals surface area (Å²) in [6, 6.07) is 1.30. The molecule has 1 rings (SSSR count). The van der Waals surface area contributed by atoms with Crippen LogP contribution in [0.25, 0.3) is 0 Å². The van der Waals surface area contributed by atoms with E-state index in [0.717, 1.165) is 0 Å². The molecule has 2 nitrogen and oxygen atoms in total. The molecule has 1 aromatic rings. The van der Waals surface area contributed by atoms with E-state index in [-0.39, 0.29) is 5.69 Å². The molecule has 0 unspecified atom stereocenters. The molecule has 0 fully saturated rings. The predicted molar refractivity (Wildman–Crippen MR) is 50.3 cm³/mol. The van der Waals surface area contributed by atoms with Crippen LogP contribution in [0.2, 0.25) is 0 Å². The Morgan fingerprint density at radius 1 is 1.33 bits per heavy atom. The second-order valence-corrected chi connectivity index (χ2v) is 3.85. The number of hydrogen-bond acceptors (Lipinski definition) is 2. The van der Waals surface area contributed by atoms with Gasteiger partial charge in [0.2, 0.25) is 0 Å². The van der Waals surface area contributed by atoms with Gasteiger partial charge in [0, 0.05) is 12.6 Å². The van der Waals surface area contributed by atoms with Gasteiger partial charge in [-0.25, -0.2) is 9.97 Å². The van der Waals surface area contributed by atoms with Crippen molar-refractivity contribution in [1.29, 1.82) is 0 Å². The second-order valence-electron chi connectivity index (χ2n) is 3.85. The maximum absolute atomic E-state index is 12.1. The topological polar surface area (TPSA) is 25.8 Å². The highest BCUT2D eigenvalue weighted by molar-refractivity contribution is 5.04. The molecule has 0 saturated heterocycles. The van der Waals surface area contributed by atoms with E-state index < -0.39 is 12.6 Å². The number of alkyl halides is 3. The van der Waals surface area contributed by atoms with Crippen molar-refractivity contribution in [2.75, 3.05) is 0 Å². The molecule has 0 spiro atoms. The van der Waals surface area contributed by atoms with Crippen LogP contribution >= 0.6 is 0 Å². The predicted octanol–water partition coefficient (Wildman–Crippen LogP) is 2.78. The summed E-state index contributed by atoms with van der Waals surface area (Å²) in [7, 11) is 0. The fraction of sp³-hybridized carbons (Fsp3) is 0.600. The molecule has 5 heteroatoms. The van der Waals surface area contributed by atoms with E-state index in [1.54, 1.807) is 0 Å². The first-order valence-electron chi connectivity index (χ1n) is 4.74. The highest BCUT2D eigenvalue weighted by atomic mass is 19.4. The van der Waals surface area contributed by atoms with Crippen LogP contribution in [0.1, 0.15) is 25.4 Å². The summed E-state index contributed by atoms with van der Waals surface area (Å²) in [5, 5.41) is 0.